The van der Waals surface area contributed by atoms with Gasteiger partial charge in [0.05, 0.1) is 0 Å². The molecular formula is C27H28N2O2. The van der Waals surface area contributed by atoms with Crippen molar-refractivity contribution >= 4 is 11.8 Å². The first-order valence-electron chi connectivity index (χ1n) is 10.7. The predicted molar refractivity (Wildman–Crippen MR) is 124 cm³/mol. The van der Waals surface area contributed by atoms with E-state index in [1.807, 2.05) is 63.2 Å². The van der Waals surface area contributed by atoms with Crippen molar-refractivity contribution in [3.05, 3.63) is 95.6 Å². The van der Waals surface area contributed by atoms with Crippen LogP contribution in [0.15, 0.2) is 78.9 Å². The van der Waals surface area contributed by atoms with Gasteiger partial charge < -0.3 is 10.2 Å². The molecule has 0 saturated carbocycles. The zero-order valence-corrected chi connectivity index (χ0v) is 18.3. The van der Waals surface area contributed by atoms with Crippen LogP contribution in [0.5, 0.6) is 0 Å². The number of carbonyl (C=O) groups is 2. The van der Waals surface area contributed by atoms with Gasteiger partial charge in [0, 0.05) is 17.6 Å². The molecule has 2 amide bonds. The molecule has 31 heavy (non-hydrogen) atoms. The second-order valence-electron chi connectivity index (χ2n) is 9.04. The van der Waals surface area contributed by atoms with Crippen LogP contribution in [0.2, 0.25) is 0 Å². The molecule has 0 fully saturated rings. The van der Waals surface area contributed by atoms with Gasteiger partial charge in [-0.1, -0.05) is 72.8 Å². The highest BCUT2D eigenvalue weighted by atomic mass is 16.2. The third-order valence-electron chi connectivity index (χ3n) is 5.51. The Hall–Kier alpha value is -3.40. The highest BCUT2D eigenvalue weighted by molar-refractivity contribution is 6.04. The minimum absolute atomic E-state index is 0.0782. The third-order valence-corrected chi connectivity index (χ3v) is 5.51. The molecule has 4 rings (SSSR count). The number of hydrogen-bond donors (Lipinski definition) is 1. The molecule has 0 aliphatic carbocycles. The zero-order chi connectivity index (χ0) is 22.0. The van der Waals surface area contributed by atoms with Crippen molar-refractivity contribution in [2.75, 3.05) is 6.54 Å². The van der Waals surface area contributed by atoms with Crippen LogP contribution in [-0.2, 0) is 11.2 Å². The Balaban J connectivity index is 1.52. The normalized spacial score (nSPS) is 15.6. The molecule has 3 aromatic rings. The van der Waals surface area contributed by atoms with E-state index in [2.05, 4.69) is 41.7 Å². The van der Waals surface area contributed by atoms with Gasteiger partial charge in [0.15, 0.2) is 0 Å². The highest BCUT2D eigenvalue weighted by Crippen LogP contribution is 2.34. The molecule has 0 bridgehead atoms. The Morgan fingerprint density at radius 2 is 1.48 bits per heavy atom. The molecule has 0 radical (unpaired) electrons. The summed E-state index contributed by atoms with van der Waals surface area (Å²) in [5.41, 5.74) is 4.52. The van der Waals surface area contributed by atoms with Gasteiger partial charge in [-0.3, -0.25) is 9.59 Å². The van der Waals surface area contributed by atoms with E-state index in [-0.39, 0.29) is 17.4 Å². The summed E-state index contributed by atoms with van der Waals surface area (Å²) in [6, 6.07) is 25.5. The van der Waals surface area contributed by atoms with Crippen molar-refractivity contribution < 1.29 is 9.59 Å². The maximum Gasteiger partial charge on any atom is 0.255 e. The minimum Gasteiger partial charge on any atom is -0.349 e. The first-order chi connectivity index (χ1) is 14.8. The number of benzene rings is 3. The molecule has 1 unspecified atom stereocenters. The van der Waals surface area contributed by atoms with E-state index >= 15 is 0 Å². The average Bonchev–Trinajstić information content (AvgIpc) is 3.04. The second-order valence-corrected chi connectivity index (χ2v) is 9.04. The van der Waals surface area contributed by atoms with Crippen LogP contribution in [0, 0.1) is 0 Å². The number of hydrogen-bond acceptors (Lipinski definition) is 2. The van der Waals surface area contributed by atoms with Crippen molar-refractivity contribution in [2.45, 2.75) is 38.8 Å². The molecule has 1 heterocycles. The lowest BCUT2D eigenvalue weighted by atomic mass is 10.0. The van der Waals surface area contributed by atoms with E-state index < -0.39 is 6.04 Å². The topological polar surface area (TPSA) is 49.4 Å². The van der Waals surface area contributed by atoms with Gasteiger partial charge in [-0.2, -0.15) is 0 Å². The monoisotopic (exact) mass is 412 g/mol. The summed E-state index contributed by atoms with van der Waals surface area (Å²) < 4.78 is 0. The van der Waals surface area contributed by atoms with Crippen LogP contribution in [0.25, 0.3) is 11.1 Å². The van der Waals surface area contributed by atoms with Gasteiger partial charge >= 0.3 is 0 Å². The molecule has 0 saturated heterocycles. The highest BCUT2D eigenvalue weighted by Gasteiger charge is 2.41. The maximum absolute atomic E-state index is 13.1. The zero-order valence-electron chi connectivity index (χ0n) is 18.3. The number of carbonyl (C=O) groups excluding carboxylic acids is 2. The van der Waals surface area contributed by atoms with Gasteiger partial charge in [-0.05, 0) is 55.5 Å². The maximum atomic E-state index is 13.1. The number of amides is 2. The van der Waals surface area contributed by atoms with E-state index in [0.29, 0.717) is 18.5 Å². The molecule has 4 heteroatoms. The summed E-state index contributed by atoms with van der Waals surface area (Å²) in [6.45, 7) is 6.34. The second kappa shape index (κ2) is 8.38. The predicted octanol–water partition coefficient (Wildman–Crippen LogP) is 5.01. The quantitative estimate of drug-likeness (QED) is 0.641. The lowest BCUT2D eigenvalue weighted by molar-refractivity contribution is -0.127. The fraction of sp³-hybridized carbons (Fsp3) is 0.259. The summed E-state index contributed by atoms with van der Waals surface area (Å²) in [6.07, 6.45) is 0.689. The number of fused-ring (bicyclic) bond motifs is 1. The van der Waals surface area contributed by atoms with Crippen LogP contribution in [-0.4, -0.2) is 28.8 Å². The van der Waals surface area contributed by atoms with E-state index in [9.17, 15) is 9.59 Å². The Bertz CT molecular complexity index is 1080. The molecule has 1 N–H and O–H groups in total. The molecule has 1 atom stereocenters. The standard InChI is InChI=1S/C27H28N2O2/c1-27(2,3)28-25(30)24-22-11-7-8-12-23(22)26(31)29(24)18-17-19-13-15-21(16-14-19)20-9-5-4-6-10-20/h4-16,24H,17-18H2,1-3H3,(H,28,30). The lowest BCUT2D eigenvalue weighted by Crippen LogP contribution is -2.47. The Kier molecular flexibility index (Phi) is 5.64. The van der Waals surface area contributed by atoms with Gasteiger partial charge in [0.1, 0.15) is 6.04 Å². The minimum atomic E-state index is -0.591. The fourth-order valence-electron chi connectivity index (χ4n) is 4.07. The first-order valence-corrected chi connectivity index (χ1v) is 10.7. The van der Waals surface area contributed by atoms with Crippen LogP contribution in [0.4, 0.5) is 0 Å². The SMILES string of the molecule is CC(C)(C)NC(=O)C1c2ccccc2C(=O)N1CCc1ccc(-c2ccccc2)cc1. The molecule has 0 spiro atoms. The Labute approximate surface area is 183 Å². The van der Waals surface area contributed by atoms with E-state index in [1.165, 1.54) is 5.56 Å². The van der Waals surface area contributed by atoms with Gasteiger partial charge in [-0.25, -0.2) is 0 Å². The number of nitrogens with zero attached hydrogens (tertiary/aromatic N) is 1. The van der Waals surface area contributed by atoms with Crippen molar-refractivity contribution in [1.82, 2.24) is 10.2 Å². The molecular weight excluding hydrogens is 384 g/mol. The molecule has 3 aromatic carbocycles. The summed E-state index contributed by atoms with van der Waals surface area (Å²) in [5.74, 6) is -0.212. The average molecular weight is 413 g/mol. The van der Waals surface area contributed by atoms with Crippen molar-refractivity contribution in [3.63, 3.8) is 0 Å². The summed E-state index contributed by atoms with van der Waals surface area (Å²) in [4.78, 5) is 27.9. The lowest BCUT2D eigenvalue weighted by Gasteiger charge is -2.29. The van der Waals surface area contributed by atoms with Crippen molar-refractivity contribution in [1.29, 1.82) is 0 Å². The molecule has 0 aromatic heterocycles. The van der Waals surface area contributed by atoms with Gasteiger partial charge in [-0.15, -0.1) is 0 Å². The van der Waals surface area contributed by atoms with E-state index in [4.69, 9.17) is 0 Å². The van der Waals surface area contributed by atoms with Gasteiger partial charge in [0.2, 0.25) is 5.91 Å². The summed E-state index contributed by atoms with van der Waals surface area (Å²) in [7, 11) is 0. The van der Waals surface area contributed by atoms with Crippen LogP contribution in [0.1, 0.15) is 48.3 Å². The third kappa shape index (κ3) is 4.53. The smallest absolute Gasteiger partial charge is 0.255 e. The Morgan fingerprint density at radius 3 is 2.16 bits per heavy atom. The number of rotatable bonds is 5. The van der Waals surface area contributed by atoms with E-state index in [1.54, 1.807) is 4.90 Å². The largest absolute Gasteiger partial charge is 0.349 e. The first kappa shape index (κ1) is 20.9. The Morgan fingerprint density at radius 1 is 0.871 bits per heavy atom. The molecule has 4 nitrogen and oxygen atoms in total. The molecule has 158 valence electrons. The van der Waals surface area contributed by atoms with Crippen molar-refractivity contribution in [2.24, 2.45) is 0 Å². The van der Waals surface area contributed by atoms with Crippen LogP contribution in [0.3, 0.4) is 0 Å². The molecule has 1 aliphatic rings. The summed E-state index contributed by atoms with van der Waals surface area (Å²) in [5, 5.41) is 3.04. The van der Waals surface area contributed by atoms with Crippen molar-refractivity contribution in [3.8, 4) is 11.1 Å². The number of nitrogens with one attached hydrogen (secondary N) is 1. The van der Waals surface area contributed by atoms with Gasteiger partial charge in [0.25, 0.3) is 5.91 Å². The van der Waals surface area contributed by atoms with Crippen LogP contribution < -0.4 is 5.32 Å². The van der Waals surface area contributed by atoms with E-state index in [0.717, 1.165) is 16.7 Å². The fourth-order valence-corrected chi connectivity index (χ4v) is 4.07. The molecule has 1 aliphatic heterocycles. The van der Waals surface area contributed by atoms with Crippen LogP contribution >= 0.6 is 0 Å². The summed E-state index contributed by atoms with van der Waals surface area (Å²) >= 11 is 0.